The summed E-state index contributed by atoms with van der Waals surface area (Å²) in [5, 5.41) is 9.91. The Morgan fingerprint density at radius 2 is 2.10 bits per heavy atom. The van der Waals surface area contributed by atoms with Gasteiger partial charge in [0.25, 0.3) is 0 Å². The van der Waals surface area contributed by atoms with Crippen molar-refractivity contribution in [1.82, 2.24) is 9.55 Å². The standard InChI is InChI=1S/C18H23N3/c1-15(2)18(13-19,17-8-5-4-7-16(17)3)9-6-11-21-12-10-20-14-21/h4-5,7-8,10,12,14-15H,6,9,11H2,1-3H3/t18-/m0/s1. The van der Waals surface area contributed by atoms with Crippen LogP contribution in [0.2, 0.25) is 0 Å². The van der Waals surface area contributed by atoms with Gasteiger partial charge in [-0.3, -0.25) is 0 Å². The van der Waals surface area contributed by atoms with E-state index in [2.05, 4.69) is 48.5 Å². The molecule has 0 spiro atoms. The molecule has 2 aromatic rings. The van der Waals surface area contributed by atoms with Crippen molar-refractivity contribution in [2.45, 2.75) is 45.6 Å². The van der Waals surface area contributed by atoms with E-state index in [0.29, 0.717) is 0 Å². The molecule has 0 amide bonds. The monoisotopic (exact) mass is 281 g/mol. The number of benzene rings is 1. The molecule has 3 heteroatoms. The topological polar surface area (TPSA) is 41.6 Å². The molecule has 0 aliphatic heterocycles. The van der Waals surface area contributed by atoms with Crippen LogP contribution in [0, 0.1) is 24.2 Å². The number of nitriles is 1. The fourth-order valence-electron chi connectivity index (χ4n) is 3.01. The highest BCUT2D eigenvalue weighted by Gasteiger charge is 2.36. The molecule has 0 aliphatic rings. The number of aromatic nitrogens is 2. The van der Waals surface area contributed by atoms with Gasteiger partial charge in [-0.1, -0.05) is 38.1 Å². The molecule has 0 N–H and O–H groups in total. The van der Waals surface area contributed by atoms with E-state index in [1.54, 1.807) is 6.20 Å². The third-order valence-corrected chi connectivity index (χ3v) is 4.36. The lowest BCUT2D eigenvalue weighted by molar-refractivity contribution is 0.349. The first-order valence-electron chi connectivity index (χ1n) is 7.53. The first kappa shape index (κ1) is 15.3. The van der Waals surface area contributed by atoms with Gasteiger partial charge in [0.05, 0.1) is 17.8 Å². The van der Waals surface area contributed by atoms with Crippen LogP contribution in [0.15, 0.2) is 43.0 Å². The number of hydrogen-bond acceptors (Lipinski definition) is 2. The molecule has 2 rings (SSSR count). The quantitative estimate of drug-likeness (QED) is 0.800. The van der Waals surface area contributed by atoms with E-state index in [0.717, 1.165) is 19.4 Å². The van der Waals surface area contributed by atoms with Crippen LogP contribution >= 0.6 is 0 Å². The summed E-state index contributed by atoms with van der Waals surface area (Å²) in [5.41, 5.74) is 1.97. The Hall–Kier alpha value is -2.08. The van der Waals surface area contributed by atoms with E-state index in [1.165, 1.54) is 11.1 Å². The fraction of sp³-hybridized carbons (Fsp3) is 0.444. The van der Waals surface area contributed by atoms with Gasteiger partial charge < -0.3 is 4.57 Å². The maximum atomic E-state index is 9.91. The van der Waals surface area contributed by atoms with Crippen molar-refractivity contribution in [3.8, 4) is 6.07 Å². The first-order valence-corrected chi connectivity index (χ1v) is 7.53. The highest BCUT2D eigenvalue weighted by Crippen LogP contribution is 2.38. The van der Waals surface area contributed by atoms with Crippen LogP contribution in [0.3, 0.4) is 0 Å². The lowest BCUT2D eigenvalue weighted by Crippen LogP contribution is -2.32. The zero-order valence-corrected chi connectivity index (χ0v) is 13.1. The molecule has 0 aliphatic carbocycles. The fourth-order valence-corrected chi connectivity index (χ4v) is 3.01. The van der Waals surface area contributed by atoms with Gasteiger partial charge >= 0.3 is 0 Å². The smallest absolute Gasteiger partial charge is 0.0945 e. The molecule has 1 aromatic heterocycles. The summed E-state index contributed by atoms with van der Waals surface area (Å²) in [5.74, 6) is 0.284. The lowest BCUT2D eigenvalue weighted by atomic mass is 9.68. The molecule has 110 valence electrons. The second kappa shape index (κ2) is 6.58. The van der Waals surface area contributed by atoms with Gasteiger partial charge in [0.15, 0.2) is 0 Å². The number of rotatable bonds is 6. The number of nitrogens with zero attached hydrogens (tertiary/aromatic N) is 3. The van der Waals surface area contributed by atoms with E-state index in [9.17, 15) is 5.26 Å². The Bertz CT molecular complexity index is 608. The molecular weight excluding hydrogens is 258 g/mol. The molecule has 0 radical (unpaired) electrons. The summed E-state index contributed by atoms with van der Waals surface area (Å²) in [6.07, 6.45) is 7.43. The molecule has 1 atom stereocenters. The summed E-state index contributed by atoms with van der Waals surface area (Å²) in [6.45, 7) is 7.29. The molecule has 1 aromatic carbocycles. The molecule has 0 saturated heterocycles. The number of imidazole rings is 1. The van der Waals surface area contributed by atoms with Gasteiger partial charge in [-0.15, -0.1) is 0 Å². The van der Waals surface area contributed by atoms with Crippen molar-refractivity contribution < 1.29 is 0 Å². The zero-order valence-electron chi connectivity index (χ0n) is 13.1. The van der Waals surface area contributed by atoms with Crippen LogP contribution in [0.5, 0.6) is 0 Å². The van der Waals surface area contributed by atoms with Gasteiger partial charge in [-0.2, -0.15) is 5.26 Å². The average molecular weight is 281 g/mol. The zero-order chi connectivity index (χ0) is 15.3. The van der Waals surface area contributed by atoms with Gasteiger partial charge in [0.1, 0.15) is 0 Å². The van der Waals surface area contributed by atoms with Gasteiger partial charge in [-0.25, -0.2) is 4.98 Å². The minimum absolute atomic E-state index is 0.284. The molecular formula is C18H23N3. The second-order valence-corrected chi connectivity index (χ2v) is 5.96. The van der Waals surface area contributed by atoms with Gasteiger partial charge in [0.2, 0.25) is 0 Å². The van der Waals surface area contributed by atoms with E-state index < -0.39 is 5.41 Å². The maximum absolute atomic E-state index is 9.91. The van der Waals surface area contributed by atoms with Gasteiger partial charge in [0, 0.05) is 18.9 Å². The lowest BCUT2D eigenvalue weighted by Gasteiger charge is -2.32. The van der Waals surface area contributed by atoms with Crippen molar-refractivity contribution in [3.05, 3.63) is 54.1 Å². The highest BCUT2D eigenvalue weighted by molar-refractivity contribution is 5.39. The normalized spacial score (nSPS) is 13.9. The predicted molar refractivity (Wildman–Crippen MR) is 84.8 cm³/mol. The summed E-state index contributed by atoms with van der Waals surface area (Å²) in [7, 11) is 0. The van der Waals surface area contributed by atoms with Crippen LogP contribution in [0.1, 0.15) is 37.8 Å². The molecule has 0 saturated carbocycles. The molecule has 3 nitrogen and oxygen atoms in total. The SMILES string of the molecule is Cc1ccccc1[C@](C#N)(CCCn1ccnc1)C(C)C. The van der Waals surface area contributed by atoms with E-state index in [-0.39, 0.29) is 5.92 Å². The van der Waals surface area contributed by atoms with Crippen molar-refractivity contribution in [2.75, 3.05) is 0 Å². The first-order chi connectivity index (χ1) is 10.1. The predicted octanol–water partition coefficient (Wildman–Crippen LogP) is 4.09. The Morgan fingerprint density at radius 3 is 2.67 bits per heavy atom. The van der Waals surface area contributed by atoms with Crippen LogP contribution in [-0.4, -0.2) is 9.55 Å². The van der Waals surface area contributed by atoms with Crippen LogP contribution < -0.4 is 0 Å². The minimum Gasteiger partial charge on any atom is -0.337 e. The molecule has 0 bridgehead atoms. The summed E-state index contributed by atoms with van der Waals surface area (Å²) < 4.78 is 2.07. The van der Waals surface area contributed by atoms with E-state index >= 15 is 0 Å². The van der Waals surface area contributed by atoms with Crippen LogP contribution in [0.25, 0.3) is 0 Å². The minimum atomic E-state index is -0.411. The molecule has 21 heavy (non-hydrogen) atoms. The Morgan fingerprint density at radius 1 is 1.33 bits per heavy atom. The van der Waals surface area contributed by atoms with Gasteiger partial charge in [-0.05, 0) is 36.8 Å². The summed E-state index contributed by atoms with van der Waals surface area (Å²) >= 11 is 0. The third-order valence-electron chi connectivity index (χ3n) is 4.36. The van der Waals surface area contributed by atoms with Crippen LogP contribution in [-0.2, 0) is 12.0 Å². The number of hydrogen-bond donors (Lipinski definition) is 0. The average Bonchev–Trinajstić information content (AvgIpc) is 2.98. The van der Waals surface area contributed by atoms with Crippen molar-refractivity contribution in [3.63, 3.8) is 0 Å². The highest BCUT2D eigenvalue weighted by atomic mass is 15.0. The van der Waals surface area contributed by atoms with E-state index in [1.807, 2.05) is 24.7 Å². The van der Waals surface area contributed by atoms with Crippen molar-refractivity contribution >= 4 is 0 Å². The Balaban J connectivity index is 2.22. The molecule has 0 unspecified atom stereocenters. The molecule has 1 heterocycles. The summed E-state index contributed by atoms with van der Waals surface area (Å²) in [4.78, 5) is 4.06. The Kier molecular flexibility index (Phi) is 4.80. The van der Waals surface area contributed by atoms with Crippen molar-refractivity contribution in [2.24, 2.45) is 5.92 Å². The summed E-state index contributed by atoms with van der Waals surface area (Å²) in [6, 6.07) is 10.9. The third kappa shape index (κ3) is 3.16. The van der Waals surface area contributed by atoms with Crippen molar-refractivity contribution in [1.29, 1.82) is 5.26 Å². The van der Waals surface area contributed by atoms with E-state index in [4.69, 9.17) is 0 Å². The molecule has 0 fully saturated rings. The maximum Gasteiger partial charge on any atom is 0.0945 e. The van der Waals surface area contributed by atoms with Crippen LogP contribution in [0.4, 0.5) is 0 Å². The largest absolute Gasteiger partial charge is 0.337 e. The number of aryl methyl sites for hydroxylation is 2. The second-order valence-electron chi connectivity index (χ2n) is 5.96. The Labute approximate surface area is 127 Å².